The zero-order valence-corrected chi connectivity index (χ0v) is 17.3. The molecule has 7 heteroatoms. The highest BCUT2D eigenvalue weighted by Gasteiger charge is 2.24. The van der Waals surface area contributed by atoms with E-state index in [1.165, 1.54) is 7.11 Å². The van der Waals surface area contributed by atoms with Gasteiger partial charge in [-0.2, -0.15) is 0 Å². The van der Waals surface area contributed by atoms with Crippen molar-refractivity contribution in [3.8, 4) is 5.75 Å². The van der Waals surface area contributed by atoms with Crippen LogP contribution in [0.25, 0.3) is 0 Å². The van der Waals surface area contributed by atoms with Gasteiger partial charge in [0.05, 0.1) is 17.3 Å². The molecule has 0 radical (unpaired) electrons. The predicted molar refractivity (Wildman–Crippen MR) is 106 cm³/mol. The van der Waals surface area contributed by atoms with Crippen LogP contribution in [0, 0.1) is 0 Å². The highest BCUT2D eigenvalue weighted by molar-refractivity contribution is 9.10. The molecule has 2 aromatic carbocycles. The van der Waals surface area contributed by atoms with Crippen molar-refractivity contribution >= 4 is 33.7 Å². The minimum absolute atomic E-state index is 0.0984. The standard InChI is InChI=1S/C20H22BrNO5/c1-20(2,3)27-19(24)22-15-11-10-14(21)17(25-4)16(15)18(23)26-12-13-8-6-5-7-9-13/h5-11H,12H2,1-4H3,(H,22,24). The molecular weight excluding hydrogens is 414 g/mol. The molecule has 144 valence electrons. The second-order valence-electron chi connectivity index (χ2n) is 6.69. The van der Waals surface area contributed by atoms with Crippen molar-refractivity contribution in [2.75, 3.05) is 12.4 Å². The number of hydrogen-bond acceptors (Lipinski definition) is 5. The molecule has 6 nitrogen and oxygen atoms in total. The van der Waals surface area contributed by atoms with Gasteiger partial charge >= 0.3 is 12.1 Å². The van der Waals surface area contributed by atoms with Gasteiger partial charge in [-0.3, -0.25) is 5.32 Å². The molecule has 1 amide bonds. The fourth-order valence-electron chi connectivity index (χ4n) is 2.27. The largest absolute Gasteiger partial charge is 0.495 e. The summed E-state index contributed by atoms with van der Waals surface area (Å²) in [7, 11) is 1.44. The van der Waals surface area contributed by atoms with Crippen LogP contribution in [0.2, 0.25) is 0 Å². The molecule has 2 rings (SSSR count). The average molecular weight is 436 g/mol. The fourth-order valence-corrected chi connectivity index (χ4v) is 2.76. The number of carbonyl (C=O) groups excluding carboxylic acids is 2. The first-order valence-corrected chi connectivity index (χ1v) is 9.08. The summed E-state index contributed by atoms with van der Waals surface area (Å²) in [6.07, 6.45) is -0.677. The number of carbonyl (C=O) groups is 2. The average Bonchev–Trinajstić information content (AvgIpc) is 2.60. The molecule has 1 N–H and O–H groups in total. The van der Waals surface area contributed by atoms with E-state index in [0.717, 1.165) is 5.56 Å². The minimum Gasteiger partial charge on any atom is -0.495 e. The van der Waals surface area contributed by atoms with Crippen LogP contribution in [-0.4, -0.2) is 24.8 Å². The molecule has 0 unspecified atom stereocenters. The Morgan fingerprint density at radius 1 is 1.07 bits per heavy atom. The summed E-state index contributed by atoms with van der Waals surface area (Å²) >= 11 is 3.34. The summed E-state index contributed by atoms with van der Waals surface area (Å²) in [6, 6.07) is 12.5. The maximum atomic E-state index is 12.7. The molecule has 0 saturated heterocycles. The summed E-state index contributed by atoms with van der Waals surface area (Å²) in [5.41, 5.74) is 0.523. The van der Waals surface area contributed by atoms with Gasteiger partial charge in [-0.1, -0.05) is 30.3 Å². The van der Waals surface area contributed by atoms with Crippen molar-refractivity contribution < 1.29 is 23.8 Å². The molecule has 0 aliphatic carbocycles. The van der Waals surface area contributed by atoms with Gasteiger partial charge in [-0.15, -0.1) is 0 Å². The molecule has 0 spiro atoms. The topological polar surface area (TPSA) is 73.9 Å². The number of benzene rings is 2. The number of anilines is 1. The quantitative estimate of drug-likeness (QED) is 0.656. The Balaban J connectivity index is 2.27. The lowest BCUT2D eigenvalue weighted by Gasteiger charge is -2.21. The first-order valence-electron chi connectivity index (χ1n) is 8.29. The monoisotopic (exact) mass is 435 g/mol. The van der Waals surface area contributed by atoms with Gasteiger partial charge < -0.3 is 14.2 Å². The van der Waals surface area contributed by atoms with Gasteiger partial charge in [0.1, 0.15) is 23.5 Å². The maximum absolute atomic E-state index is 12.7. The van der Waals surface area contributed by atoms with Crippen molar-refractivity contribution in [3.05, 3.63) is 58.1 Å². The predicted octanol–water partition coefficient (Wildman–Crippen LogP) is 5.16. The van der Waals surface area contributed by atoms with E-state index in [-0.39, 0.29) is 23.6 Å². The molecule has 27 heavy (non-hydrogen) atoms. The van der Waals surface area contributed by atoms with Crippen molar-refractivity contribution in [1.82, 2.24) is 0 Å². The van der Waals surface area contributed by atoms with E-state index < -0.39 is 17.7 Å². The molecule has 0 heterocycles. The van der Waals surface area contributed by atoms with E-state index in [1.807, 2.05) is 30.3 Å². The van der Waals surface area contributed by atoms with Crippen molar-refractivity contribution in [2.24, 2.45) is 0 Å². The minimum atomic E-state index is -0.677. The highest BCUT2D eigenvalue weighted by atomic mass is 79.9. The lowest BCUT2D eigenvalue weighted by atomic mass is 10.1. The first-order chi connectivity index (χ1) is 12.7. The third-order valence-corrected chi connectivity index (χ3v) is 3.99. The SMILES string of the molecule is COc1c(Br)ccc(NC(=O)OC(C)(C)C)c1C(=O)OCc1ccccc1. The zero-order valence-electron chi connectivity index (χ0n) is 15.7. The lowest BCUT2D eigenvalue weighted by molar-refractivity contribution is 0.0470. The number of amides is 1. The zero-order chi connectivity index (χ0) is 20.0. The number of hydrogen-bond donors (Lipinski definition) is 1. The van der Waals surface area contributed by atoms with E-state index in [0.29, 0.717) is 4.47 Å². The van der Waals surface area contributed by atoms with Gasteiger partial charge in [-0.25, -0.2) is 9.59 Å². The highest BCUT2D eigenvalue weighted by Crippen LogP contribution is 2.35. The number of halogens is 1. The van der Waals surface area contributed by atoms with E-state index in [4.69, 9.17) is 14.2 Å². The molecule has 0 atom stereocenters. The summed E-state index contributed by atoms with van der Waals surface area (Å²) in [6.45, 7) is 5.36. The molecular formula is C20H22BrNO5. The van der Waals surface area contributed by atoms with Crippen LogP contribution in [0.3, 0.4) is 0 Å². The summed E-state index contributed by atoms with van der Waals surface area (Å²) in [5, 5.41) is 2.59. The Kier molecular flexibility index (Phi) is 6.85. The number of rotatable bonds is 5. The van der Waals surface area contributed by atoms with Crippen molar-refractivity contribution in [1.29, 1.82) is 0 Å². The van der Waals surface area contributed by atoms with Gasteiger partial charge in [0, 0.05) is 0 Å². The molecule has 0 aliphatic heterocycles. The summed E-state index contributed by atoms with van der Waals surface area (Å²) in [5.74, 6) is -0.357. The summed E-state index contributed by atoms with van der Waals surface area (Å²) in [4.78, 5) is 24.9. The lowest BCUT2D eigenvalue weighted by Crippen LogP contribution is -2.28. The first kappa shape index (κ1) is 20.8. The second kappa shape index (κ2) is 8.90. The van der Waals surface area contributed by atoms with Crippen LogP contribution in [0.15, 0.2) is 46.9 Å². The van der Waals surface area contributed by atoms with Gasteiger partial charge in [0.15, 0.2) is 0 Å². The second-order valence-corrected chi connectivity index (χ2v) is 7.55. The number of nitrogens with one attached hydrogen (secondary N) is 1. The third kappa shape index (κ3) is 5.99. The van der Waals surface area contributed by atoms with E-state index in [2.05, 4.69) is 21.2 Å². The van der Waals surface area contributed by atoms with Crippen LogP contribution in [0.1, 0.15) is 36.7 Å². The Bertz CT molecular complexity index is 815. The van der Waals surface area contributed by atoms with E-state index in [1.54, 1.807) is 32.9 Å². The van der Waals surface area contributed by atoms with Crippen LogP contribution in [0.5, 0.6) is 5.75 Å². The molecule has 0 fully saturated rings. The maximum Gasteiger partial charge on any atom is 0.412 e. The Morgan fingerprint density at radius 2 is 1.74 bits per heavy atom. The number of methoxy groups -OCH3 is 1. The van der Waals surface area contributed by atoms with E-state index >= 15 is 0 Å². The molecule has 0 aliphatic rings. The summed E-state index contributed by atoms with van der Waals surface area (Å²) < 4.78 is 16.6. The van der Waals surface area contributed by atoms with Crippen molar-refractivity contribution in [3.63, 3.8) is 0 Å². The van der Waals surface area contributed by atoms with Gasteiger partial charge in [-0.05, 0) is 54.4 Å². The molecule has 2 aromatic rings. The van der Waals surface area contributed by atoms with Crippen LogP contribution in [0.4, 0.5) is 10.5 Å². The van der Waals surface area contributed by atoms with Gasteiger partial charge in [0.2, 0.25) is 0 Å². The van der Waals surface area contributed by atoms with E-state index in [9.17, 15) is 9.59 Å². The molecule has 0 bridgehead atoms. The Morgan fingerprint density at radius 3 is 2.33 bits per heavy atom. The molecule has 0 aromatic heterocycles. The number of ether oxygens (including phenoxy) is 3. The molecule has 0 saturated carbocycles. The van der Waals surface area contributed by atoms with Crippen LogP contribution >= 0.6 is 15.9 Å². The van der Waals surface area contributed by atoms with Crippen LogP contribution < -0.4 is 10.1 Å². The smallest absolute Gasteiger partial charge is 0.412 e. The Labute approximate surface area is 166 Å². The van der Waals surface area contributed by atoms with Crippen molar-refractivity contribution in [2.45, 2.75) is 33.0 Å². The fraction of sp³-hybridized carbons (Fsp3) is 0.300. The normalized spacial score (nSPS) is 10.9. The van der Waals surface area contributed by atoms with Gasteiger partial charge in [0.25, 0.3) is 0 Å². The third-order valence-electron chi connectivity index (χ3n) is 3.37. The number of esters is 1. The Hall–Kier alpha value is -2.54. The van der Waals surface area contributed by atoms with Crippen LogP contribution in [-0.2, 0) is 16.1 Å².